The fourth-order valence-corrected chi connectivity index (χ4v) is 3.32. The number of esters is 1. The molecule has 0 aliphatic carbocycles. The smallest absolute Gasteiger partial charge is 0.338 e. The molecule has 0 radical (unpaired) electrons. The van der Waals surface area contributed by atoms with Gasteiger partial charge in [-0.15, -0.1) is 0 Å². The zero-order valence-electron chi connectivity index (χ0n) is 13.3. The predicted octanol–water partition coefficient (Wildman–Crippen LogP) is 1.51. The third-order valence-electron chi connectivity index (χ3n) is 5.00. The van der Waals surface area contributed by atoms with Crippen LogP contribution in [0, 0.1) is 6.92 Å². The Morgan fingerprint density at radius 1 is 1.41 bits per heavy atom. The SMILES string of the molecule is Cc1c(C(O)CN2CCC(C)(N)CC2)ccc2c1COC2=O. The molecule has 1 unspecified atom stereocenters. The molecule has 0 spiro atoms. The number of β-amino-alcohol motifs (C(OH)–C–C–N with tert-alkyl or cyclic N) is 1. The number of nitrogens with zero attached hydrogens (tertiary/aromatic N) is 1. The minimum Gasteiger partial charge on any atom is -0.457 e. The summed E-state index contributed by atoms with van der Waals surface area (Å²) in [7, 11) is 0. The van der Waals surface area contributed by atoms with Gasteiger partial charge in [0.15, 0.2) is 0 Å². The summed E-state index contributed by atoms with van der Waals surface area (Å²) in [6, 6.07) is 3.62. The summed E-state index contributed by atoms with van der Waals surface area (Å²) < 4.78 is 5.07. The van der Waals surface area contributed by atoms with Crippen molar-refractivity contribution in [2.24, 2.45) is 5.73 Å². The number of aliphatic hydroxyl groups is 1. The van der Waals surface area contributed by atoms with Crippen LogP contribution in [-0.2, 0) is 11.3 Å². The third kappa shape index (κ3) is 2.89. The van der Waals surface area contributed by atoms with Crippen LogP contribution >= 0.6 is 0 Å². The molecule has 2 aliphatic heterocycles. The Bertz CT molecular complexity index is 588. The van der Waals surface area contributed by atoms with Crippen molar-refractivity contribution in [3.05, 3.63) is 34.4 Å². The highest BCUT2D eigenvalue weighted by Gasteiger charge is 2.29. The molecule has 1 atom stereocenters. The summed E-state index contributed by atoms with van der Waals surface area (Å²) in [5.41, 5.74) is 9.46. The maximum Gasteiger partial charge on any atom is 0.338 e. The highest BCUT2D eigenvalue weighted by molar-refractivity contribution is 5.93. The predicted molar refractivity (Wildman–Crippen MR) is 83.5 cm³/mol. The van der Waals surface area contributed by atoms with Crippen molar-refractivity contribution in [3.63, 3.8) is 0 Å². The Morgan fingerprint density at radius 3 is 2.77 bits per heavy atom. The first-order valence-corrected chi connectivity index (χ1v) is 7.86. The lowest BCUT2D eigenvalue weighted by atomic mass is 9.90. The summed E-state index contributed by atoms with van der Waals surface area (Å²) in [5, 5.41) is 10.6. The Balaban J connectivity index is 1.71. The molecule has 2 aliphatic rings. The Kier molecular flexibility index (Phi) is 3.97. The van der Waals surface area contributed by atoms with Crippen molar-refractivity contribution in [1.82, 2.24) is 4.90 Å². The van der Waals surface area contributed by atoms with E-state index < -0.39 is 6.10 Å². The molecule has 1 aromatic rings. The quantitative estimate of drug-likeness (QED) is 0.828. The zero-order valence-corrected chi connectivity index (χ0v) is 13.3. The number of hydrogen-bond donors (Lipinski definition) is 2. The average Bonchev–Trinajstić information content (AvgIpc) is 2.84. The fraction of sp³-hybridized carbons (Fsp3) is 0.588. The maximum atomic E-state index is 11.6. The number of cyclic esters (lactones) is 1. The lowest BCUT2D eigenvalue weighted by Gasteiger charge is -2.37. The molecule has 120 valence electrons. The summed E-state index contributed by atoms with van der Waals surface area (Å²) in [5.74, 6) is -0.266. The van der Waals surface area contributed by atoms with E-state index in [1.165, 1.54) is 0 Å². The number of piperidine rings is 1. The highest BCUT2D eigenvalue weighted by Crippen LogP contribution is 2.30. The van der Waals surface area contributed by atoms with Crippen LogP contribution in [0.1, 0.15) is 52.9 Å². The van der Waals surface area contributed by atoms with E-state index in [1.54, 1.807) is 6.07 Å². The molecule has 3 rings (SSSR count). The topological polar surface area (TPSA) is 75.8 Å². The molecule has 0 bridgehead atoms. The van der Waals surface area contributed by atoms with Gasteiger partial charge < -0.3 is 20.5 Å². The molecule has 0 saturated carbocycles. The van der Waals surface area contributed by atoms with Crippen molar-refractivity contribution in [2.75, 3.05) is 19.6 Å². The Labute approximate surface area is 131 Å². The van der Waals surface area contributed by atoms with Gasteiger partial charge in [-0.25, -0.2) is 4.79 Å². The molecular formula is C17H24N2O3. The fourth-order valence-electron chi connectivity index (χ4n) is 3.32. The number of carbonyl (C=O) groups excluding carboxylic acids is 1. The van der Waals surface area contributed by atoms with Gasteiger partial charge >= 0.3 is 5.97 Å². The van der Waals surface area contributed by atoms with Crippen LogP contribution in [0.2, 0.25) is 0 Å². The second-order valence-corrected chi connectivity index (χ2v) is 6.85. The van der Waals surface area contributed by atoms with Crippen LogP contribution in [0.5, 0.6) is 0 Å². The zero-order chi connectivity index (χ0) is 15.9. The van der Waals surface area contributed by atoms with E-state index >= 15 is 0 Å². The first-order valence-electron chi connectivity index (χ1n) is 7.86. The Hall–Kier alpha value is -1.43. The van der Waals surface area contributed by atoms with Crippen LogP contribution in [-0.4, -0.2) is 41.1 Å². The largest absolute Gasteiger partial charge is 0.457 e. The van der Waals surface area contributed by atoms with Gasteiger partial charge in [-0.1, -0.05) is 6.07 Å². The lowest BCUT2D eigenvalue weighted by Crippen LogP contribution is -2.49. The number of aliphatic hydroxyl groups excluding tert-OH is 1. The standard InChI is InChI=1S/C17H24N2O3/c1-11-12(3-4-13-14(11)10-22-16(13)21)15(20)9-19-7-5-17(2,18)6-8-19/h3-4,15,20H,5-10,18H2,1-2H3. The van der Waals surface area contributed by atoms with Crippen LogP contribution in [0.4, 0.5) is 0 Å². The van der Waals surface area contributed by atoms with Gasteiger partial charge in [0.2, 0.25) is 0 Å². The van der Waals surface area contributed by atoms with Gasteiger partial charge in [0.25, 0.3) is 0 Å². The van der Waals surface area contributed by atoms with E-state index in [1.807, 2.05) is 13.0 Å². The number of ether oxygens (including phenoxy) is 1. The molecule has 5 nitrogen and oxygen atoms in total. The average molecular weight is 304 g/mol. The van der Waals surface area contributed by atoms with E-state index in [9.17, 15) is 9.90 Å². The molecule has 2 heterocycles. The van der Waals surface area contributed by atoms with Crippen molar-refractivity contribution in [2.45, 2.75) is 44.9 Å². The van der Waals surface area contributed by atoms with Crippen molar-refractivity contribution in [1.29, 1.82) is 0 Å². The van der Waals surface area contributed by atoms with Gasteiger partial charge in [-0.2, -0.15) is 0 Å². The number of benzene rings is 1. The van der Waals surface area contributed by atoms with Crippen molar-refractivity contribution in [3.8, 4) is 0 Å². The number of likely N-dealkylation sites (tertiary alicyclic amines) is 1. The minimum atomic E-state index is -0.553. The van der Waals surface area contributed by atoms with E-state index in [0.29, 0.717) is 18.7 Å². The number of nitrogens with two attached hydrogens (primary N) is 1. The van der Waals surface area contributed by atoms with Crippen molar-refractivity contribution < 1.29 is 14.6 Å². The third-order valence-corrected chi connectivity index (χ3v) is 5.00. The normalized spacial score (nSPS) is 22.3. The molecule has 1 fully saturated rings. The van der Waals surface area contributed by atoms with E-state index in [0.717, 1.165) is 42.6 Å². The van der Waals surface area contributed by atoms with Crippen LogP contribution < -0.4 is 5.73 Å². The minimum absolute atomic E-state index is 0.0807. The summed E-state index contributed by atoms with van der Waals surface area (Å²) in [6.07, 6.45) is 1.35. The van der Waals surface area contributed by atoms with Gasteiger partial charge in [0.1, 0.15) is 6.61 Å². The Morgan fingerprint density at radius 2 is 2.09 bits per heavy atom. The summed E-state index contributed by atoms with van der Waals surface area (Å²) in [6.45, 7) is 6.78. The van der Waals surface area contributed by atoms with Crippen LogP contribution in [0.3, 0.4) is 0 Å². The second-order valence-electron chi connectivity index (χ2n) is 6.85. The number of carbonyl (C=O) groups is 1. The van der Waals surface area contributed by atoms with E-state index in [2.05, 4.69) is 11.8 Å². The number of hydrogen-bond acceptors (Lipinski definition) is 5. The van der Waals surface area contributed by atoms with Gasteiger partial charge in [-0.05, 0) is 57.0 Å². The van der Waals surface area contributed by atoms with Crippen molar-refractivity contribution >= 4 is 5.97 Å². The number of rotatable bonds is 3. The molecular weight excluding hydrogens is 280 g/mol. The highest BCUT2D eigenvalue weighted by atomic mass is 16.5. The van der Waals surface area contributed by atoms with Crippen LogP contribution in [0.25, 0.3) is 0 Å². The van der Waals surface area contributed by atoms with Gasteiger partial charge in [0.05, 0.1) is 11.7 Å². The lowest BCUT2D eigenvalue weighted by molar-refractivity contribution is 0.0535. The molecule has 1 saturated heterocycles. The molecule has 1 aromatic carbocycles. The second kappa shape index (κ2) is 5.65. The first kappa shape index (κ1) is 15.5. The summed E-state index contributed by atoms with van der Waals surface area (Å²) in [4.78, 5) is 13.8. The first-order chi connectivity index (χ1) is 10.4. The van der Waals surface area contributed by atoms with E-state index in [4.69, 9.17) is 10.5 Å². The monoisotopic (exact) mass is 304 g/mol. The van der Waals surface area contributed by atoms with Gasteiger partial charge in [-0.3, -0.25) is 0 Å². The maximum absolute atomic E-state index is 11.6. The molecule has 3 N–H and O–H groups in total. The van der Waals surface area contributed by atoms with Crippen LogP contribution in [0.15, 0.2) is 12.1 Å². The van der Waals surface area contributed by atoms with E-state index in [-0.39, 0.29) is 11.5 Å². The molecule has 22 heavy (non-hydrogen) atoms. The molecule has 0 aromatic heterocycles. The number of fused-ring (bicyclic) bond motifs is 1. The molecule has 5 heteroatoms. The molecule has 0 amide bonds. The van der Waals surface area contributed by atoms with Gasteiger partial charge in [0, 0.05) is 17.6 Å². The summed E-state index contributed by atoms with van der Waals surface area (Å²) >= 11 is 0.